The summed E-state index contributed by atoms with van der Waals surface area (Å²) in [6.45, 7) is 2.54. The van der Waals surface area contributed by atoms with E-state index in [2.05, 4.69) is 5.32 Å². The minimum absolute atomic E-state index is 0.0117. The molecule has 2 N–H and O–H groups in total. The summed E-state index contributed by atoms with van der Waals surface area (Å²) in [4.78, 5) is 10.5. The Balaban J connectivity index is 2.30. The van der Waals surface area contributed by atoms with Crippen molar-refractivity contribution in [2.45, 2.75) is 32.4 Å². The second-order valence-corrected chi connectivity index (χ2v) is 3.16. The van der Waals surface area contributed by atoms with E-state index in [0.29, 0.717) is 6.54 Å². The summed E-state index contributed by atoms with van der Waals surface area (Å²) in [6, 6.07) is 3.69. The van der Waals surface area contributed by atoms with Crippen molar-refractivity contribution in [1.82, 2.24) is 5.32 Å². The predicted molar refractivity (Wildman–Crippen MR) is 51.9 cm³/mol. The molecule has 78 valence electrons. The van der Waals surface area contributed by atoms with Gasteiger partial charge in [-0.3, -0.25) is 4.79 Å². The first kappa shape index (κ1) is 10.8. The van der Waals surface area contributed by atoms with Crippen molar-refractivity contribution < 1.29 is 14.3 Å². The third-order valence-electron chi connectivity index (χ3n) is 2.06. The van der Waals surface area contributed by atoms with Crippen LogP contribution in [0.5, 0.6) is 0 Å². The van der Waals surface area contributed by atoms with Gasteiger partial charge < -0.3 is 14.8 Å². The van der Waals surface area contributed by atoms with Crippen molar-refractivity contribution >= 4 is 5.97 Å². The van der Waals surface area contributed by atoms with Gasteiger partial charge in [-0.05, 0) is 18.6 Å². The van der Waals surface area contributed by atoms with E-state index < -0.39 is 5.97 Å². The number of hydrogen-bond acceptors (Lipinski definition) is 3. The fourth-order valence-electron chi connectivity index (χ4n) is 1.23. The third-order valence-corrected chi connectivity index (χ3v) is 2.06. The Morgan fingerprint density at radius 2 is 2.50 bits per heavy atom. The number of carboxylic acids is 1. The Kier molecular flexibility index (Phi) is 4.19. The lowest BCUT2D eigenvalue weighted by atomic mass is 10.1. The number of carbonyl (C=O) groups is 1. The average Bonchev–Trinajstić information content (AvgIpc) is 2.64. The highest BCUT2D eigenvalue weighted by molar-refractivity contribution is 5.67. The molecule has 0 radical (unpaired) electrons. The molecule has 0 saturated heterocycles. The quantitative estimate of drug-likeness (QED) is 0.727. The maximum absolute atomic E-state index is 10.5. The van der Waals surface area contributed by atoms with Crippen LogP contribution in [0.1, 0.15) is 25.5 Å². The van der Waals surface area contributed by atoms with Crippen molar-refractivity contribution in [3.05, 3.63) is 24.2 Å². The van der Waals surface area contributed by atoms with Gasteiger partial charge in [-0.2, -0.15) is 0 Å². The van der Waals surface area contributed by atoms with Crippen LogP contribution < -0.4 is 5.32 Å². The van der Waals surface area contributed by atoms with Crippen LogP contribution in [0.3, 0.4) is 0 Å². The molecule has 1 unspecified atom stereocenters. The maximum atomic E-state index is 10.5. The molecule has 0 aliphatic rings. The molecule has 0 fully saturated rings. The zero-order valence-electron chi connectivity index (χ0n) is 8.19. The van der Waals surface area contributed by atoms with Crippen LogP contribution in [0.4, 0.5) is 0 Å². The molecule has 1 heterocycles. The van der Waals surface area contributed by atoms with Gasteiger partial charge in [0.25, 0.3) is 0 Å². The second kappa shape index (κ2) is 5.44. The predicted octanol–water partition coefficient (Wildman–Crippen LogP) is 1.62. The van der Waals surface area contributed by atoms with Gasteiger partial charge in [-0.25, -0.2) is 0 Å². The first-order valence-corrected chi connectivity index (χ1v) is 4.70. The molecule has 0 aliphatic carbocycles. The highest BCUT2D eigenvalue weighted by Crippen LogP contribution is 2.03. The lowest BCUT2D eigenvalue weighted by molar-refractivity contribution is -0.137. The number of hydrogen-bond donors (Lipinski definition) is 2. The molecule has 0 amide bonds. The lowest BCUT2D eigenvalue weighted by Crippen LogP contribution is -2.30. The summed E-state index contributed by atoms with van der Waals surface area (Å²) in [5, 5.41) is 11.7. The average molecular weight is 197 g/mol. The maximum Gasteiger partial charge on any atom is 0.304 e. The van der Waals surface area contributed by atoms with Crippen LogP contribution in [0, 0.1) is 0 Å². The molecule has 0 spiro atoms. The van der Waals surface area contributed by atoms with E-state index in [1.165, 1.54) is 0 Å². The molecule has 4 nitrogen and oxygen atoms in total. The van der Waals surface area contributed by atoms with Gasteiger partial charge >= 0.3 is 5.97 Å². The normalized spacial score (nSPS) is 12.6. The fourth-order valence-corrected chi connectivity index (χ4v) is 1.23. The molecular formula is C10H15NO3. The zero-order valence-corrected chi connectivity index (χ0v) is 8.19. The van der Waals surface area contributed by atoms with E-state index in [1.54, 1.807) is 6.26 Å². The first-order valence-electron chi connectivity index (χ1n) is 4.70. The minimum atomic E-state index is -0.774. The third kappa shape index (κ3) is 3.62. The summed E-state index contributed by atoms with van der Waals surface area (Å²) in [5.41, 5.74) is 0. The molecule has 1 aromatic rings. The summed E-state index contributed by atoms with van der Waals surface area (Å²) in [6.07, 6.45) is 2.55. The van der Waals surface area contributed by atoms with Gasteiger partial charge in [0.1, 0.15) is 5.76 Å². The van der Waals surface area contributed by atoms with Crippen molar-refractivity contribution in [3.63, 3.8) is 0 Å². The van der Waals surface area contributed by atoms with Crippen LogP contribution in [0.2, 0.25) is 0 Å². The molecule has 0 aliphatic heterocycles. The van der Waals surface area contributed by atoms with Crippen molar-refractivity contribution in [3.8, 4) is 0 Å². The molecular weight excluding hydrogens is 182 g/mol. The lowest BCUT2D eigenvalue weighted by Gasteiger charge is -2.13. The number of carboxylic acid groups (broad SMARTS) is 1. The van der Waals surface area contributed by atoms with Gasteiger partial charge in [0.05, 0.1) is 19.2 Å². The molecule has 14 heavy (non-hydrogen) atoms. The number of aliphatic carboxylic acids is 1. The second-order valence-electron chi connectivity index (χ2n) is 3.16. The standard InChI is InChI=1S/C10H15NO3/c1-2-8(6-10(12)13)11-7-9-4-3-5-14-9/h3-5,8,11H,2,6-7H2,1H3,(H,12,13). The highest BCUT2D eigenvalue weighted by atomic mass is 16.4. The largest absolute Gasteiger partial charge is 0.481 e. The van der Waals surface area contributed by atoms with E-state index in [4.69, 9.17) is 9.52 Å². The Hall–Kier alpha value is -1.29. The van der Waals surface area contributed by atoms with Gasteiger partial charge in [0.2, 0.25) is 0 Å². The fraction of sp³-hybridized carbons (Fsp3) is 0.500. The van der Waals surface area contributed by atoms with Crippen LogP contribution in [-0.4, -0.2) is 17.1 Å². The summed E-state index contributed by atoms with van der Waals surface area (Å²) < 4.78 is 5.12. The van der Waals surface area contributed by atoms with Gasteiger partial charge in [-0.1, -0.05) is 6.92 Å². The minimum Gasteiger partial charge on any atom is -0.481 e. The number of nitrogens with one attached hydrogen (secondary N) is 1. The smallest absolute Gasteiger partial charge is 0.304 e. The summed E-state index contributed by atoms with van der Waals surface area (Å²) >= 11 is 0. The van der Waals surface area contributed by atoms with Gasteiger partial charge in [-0.15, -0.1) is 0 Å². The van der Waals surface area contributed by atoms with Crippen LogP contribution >= 0.6 is 0 Å². The molecule has 4 heteroatoms. The van der Waals surface area contributed by atoms with Gasteiger partial charge in [0.15, 0.2) is 0 Å². The van der Waals surface area contributed by atoms with E-state index in [1.807, 2.05) is 19.1 Å². The van der Waals surface area contributed by atoms with Crippen molar-refractivity contribution in [2.75, 3.05) is 0 Å². The Morgan fingerprint density at radius 3 is 3.00 bits per heavy atom. The SMILES string of the molecule is CCC(CC(=O)O)NCc1ccco1. The Bertz CT molecular complexity index is 269. The molecule has 1 rings (SSSR count). The Morgan fingerprint density at radius 1 is 1.71 bits per heavy atom. The van der Waals surface area contributed by atoms with Crippen molar-refractivity contribution in [1.29, 1.82) is 0 Å². The van der Waals surface area contributed by atoms with Crippen LogP contribution in [0.15, 0.2) is 22.8 Å². The summed E-state index contributed by atoms with van der Waals surface area (Å²) in [5.74, 6) is 0.0534. The van der Waals surface area contributed by atoms with Crippen LogP contribution in [0.25, 0.3) is 0 Å². The van der Waals surface area contributed by atoms with E-state index >= 15 is 0 Å². The van der Waals surface area contributed by atoms with E-state index in [-0.39, 0.29) is 12.5 Å². The topological polar surface area (TPSA) is 62.5 Å². The molecule has 1 atom stereocenters. The Labute approximate surface area is 82.9 Å². The van der Waals surface area contributed by atoms with Gasteiger partial charge in [0, 0.05) is 6.04 Å². The van der Waals surface area contributed by atoms with E-state index in [0.717, 1.165) is 12.2 Å². The monoisotopic (exact) mass is 197 g/mol. The number of furan rings is 1. The van der Waals surface area contributed by atoms with Crippen LogP contribution in [-0.2, 0) is 11.3 Å². The molecule has 0 saturated carbocycles. The molecule has 1 aromatic heterocycles. The summed E-state index contributed by atoms with van der Waals surface area (Å²) in [7, 11) is 0. The first-order chi connectivity index (χ1) is 6.72. The molecule has 0 aromatic carbocycles. The van der Waals surface area contributed by atoms with E-state index in [9.17, 15) is 4.79 Å². The van der Waals surface area contributed by atoms with Crippen molar-refractivity contribution in [2.24, 2.45) is 0 Å². The number of rotatable bonds is 6. The highest BCUT2D eigenvalue weighted by Gasteiger charge is 2.10. The molecule has 0 bridgehead atoms. The zero-order chi connectivity index (χ0) is 10.4.